The van der Waals surface area contributed by atoms with E-state index in [-0.39, 0.29) is 24.8 Å². The Morgan fingerprint density at radius 3 is 2.37 bits per heavy atom. The number of hydrogen-bond donors (Lipinski definition) is 2. The first-order valence-electron chi connectivity index (χ1n) is 5.38. The summed E-state index contributed by atoms with van der Waals surface area (Å²) in [6.45, 7) is 3.29. The zero-order chi connectivity index (χ0) is 14.0. The van der Waals surface area contributed by atoms with Crippen LogP contribution >= 0.6 is 12.4 Å². The summed E-state index contributed by atoms with van der Waals surface area (Å²) in [5.41, 5.74) is 5.77. The summed E-state index contributed by atoms with van der Waals surface area (Å²) in [4.78, 5) is 0. The van der Waals surface area contributed by atoms with Crippen LogP contribution in [0.1, 0.15) is 25.5 Å². The molecule has 1 rings (SSSR count). The molecule has 0 heterocycles. The Balaban J connectivity index is 0.00000324. The summed E-state index contributed by atoms with van der Waals surface area (Å²) in [6, 6.07) is 4.89. The first-order chi connectivity index (χ1) is 8.15. The third kappa shape index (κ3) is 5.26. The zero-order valence-electron chi connectivity index (χ0n) is 10.6. The second-order valence-electron chi connectivity index (χ2n) is 4.74. The van der Waals surface area contributed by atoms with Crippen molar-refractivity contribution in [2.24, 2.45) is 11.1 Å². The van der Waals surface area contributed by atoms with E-state index < -0.39 is 17.8 Å². The van der Waals surface area contributed by atoms with Gasteiger partial charge in [0.05, 0.1) is 0 Å². The van der Waals surface area contributed by atoms with Crippen molar-refractivity contribution in [3.05, 3.63) is 29.8 Å². The fraction of sp³-hybridized carbons (Fsp3) is 0.500. The van der Waals surface area contributed by atoms with Crippen LogP contribution in [0.2, 0.25) is 0 Å². The van der Waals surface area contributed by atoms with Crippen LogP contribution in [0.5, 0.6) is 5.75 Å². The summed E-state index contributed by atoms with van der Waals surface area (Å²) < 4.78 is 40.1. The molecule has 0 unspecified atom stereocenters. The summed E-state index contributed by atoms with van der Waals surface area (Å²) in [5, 5.41) is 9.19. The number of halogens is 4. The standard InChI is InChI=1S/C12H16F3NO2.ClH/c1-11(2,7-17)10(16)8-4-3-5-9(6-8)18-12(13,14)15;/h3-6,10,17H,7,16H2,1-2H3;1H/t10-;/m0./s1. The van der Waals surface area contributed by atoms with Crippen molar-refractivity contribution >= 4 is 12.4 Å². The Morgan fingerprint density at radius 1 is 1.32 bits per heavy atom. The molecule has 0 amide bonds. The third-order valence-electron chi connectivity index (χ3n) is 2.70. The van der Waals surface area contributed by atoms with Crippen molar-refractivity contribution in [2.45, 2.75) is 26.3 Å². The van der Waals surface area contributed by atoms with Crippen LogP contribution < -0.4 is 10.5 Å². The molecule has 3 N–H and O–H groups in total. The average molecular weight is 300 g/mol. The van der Waals surface area contributed by atoms with Gasteiger partial charge in [-0.05, 0) is 17.7 Å². The van der Waals surface area contributed by atoms with E-state index in [1.807, 2.05) is 0 Å². The van der Waals surface area contributed by atoms with E-state index in [9.17, 15) is 18.3 Å². The molecular formula is C12H17ClF3NO2. The summed E-state index contributed by atoms with van der Waals surface area (Å²) in [6.07, 6.45) is -4.73. The maximum atomic E-state index is 12.1. The average Bonchev–Trinajstić information content (AvgIpc) is 2.26. The van der Waals surface area contributed by atoms with Crippen molar-refractivity contribution in [1.82, 2.24) is 0 Å². The summed E-state index contributed by atoms with van der Waals surface area (Å²) in [5.74, 6) is -0.316. The molecule has 110 valence electrons. The minimum atomic E-state index is -4.73. The molecule has 0 spiro atoms. The molecular weight excluding hydrogens is 283 g/mol. The Hall–Kier alpha value is -0.980. The predicted octanol–water partition coefficient (Wildman–Crippen LogP) is 3.03. The van der Waals surface area contributed by atoms with Gasteiger partial charge in [-0.2, -0.15) is 0 Å². The lowest BCUT2D eigenvalue weighted by atomic mass is 9.82. The Morgan fingerprint density at radius 2 is 1.89 bits per heavy atom. The lowest BCUT2D eigenvalue weighted by molar-refractivity contribution is -0.274. The SMILES string of the molecule is CC(C)(CO)[C@@H](N)c1cccc(OC(F)(F)F)c1.Cl. The van der Waals surface area contributed by atoms with Gasteiger partial charge in [-0.15, -0.1) is 25.6 Å². The number of benzene rings is 1. The van der Waals surface area contributed by atoms with Crippen LogP contribution in [0, 0.1) is 5.41 Å². The molecule has 0 saturated heterocycles. The highest BCUT2D eigenvalue weighted by Crippen LogP contribution is 2.33. The van der Waals surface area contributed by atoms with E-state index in [0.29, 0.717) is 5.56 Å². The molecule has 1 aromatic carbocycles. The van der Waals surface area contributed by atoms with E-state index in [1.54, 1.807) is 19.9 Å². The third-order valence-corrected chi connectivity index (χ3v) is 2.70. The molecule has 1 aromatic rings. The molecule has 3 nitrogen and oxygen atoms in total. The Kier molecular flexibility index (Phi) is 6.12. The molecule has 1 atom stereocenters. The first kappa shape index (κ1) is 18.0. The van der Waals surface area contributed by atoms with Gasteiger partial charge >= 0.3 is 6.36 Å². The van der Waals surface area contributed by atoms with Gasteiger partial charge in [0.15, 0.2) is 0 Å². The van der Waals surface area contributed by atoms with Crippen molar-refractivity contribution < 1.29 is 23.0 Å². The highest BCUT2D eigenvalue weighted by atomic mass is 35.5. The van der Waals surface area contributed by atoms with Crippen molar-refractivity contribution in [3.63, 3.8) is 0 Å². The van der Waals surface area contributed by atoms with Crippen molar-refractivity contribution in [1.29, 1.82) is 0 Å². The fourth-order valence-electron chi connectivity index (χ4n) is 1.45. The zero-order valence-corrected chi connectivity index (χ0v) is 11.4. The number of aliphatic hydroxyl groups is 1. The van der Waals surface area contributed by atoms with Gasteiger partial charge in [0.1, 0.15) is 5.75 Å². The lowest BCUT2D eigenvalue weighted by Gasteiger charge is -2.29. The second kappa shape index (κ2) is 6.45. The minimum Gasteiger partial charge on any atom is -0.406 e. The molecule has 0 aliphatic rings. The minimum absolute atomic E-state index is 0. The topological polar surface area (TPSA) is 55.5 Å². The highest BCUT2D eigenvalue weighted by molar-refractivity contribution is 5.85. The van der Waals surface area contributed by atoms with Crippen LogP contribution in [-0.2, 0) is 0 Å². The molecule has 0 aliphatic carbocycles. The molecule has 7 heteroatoms. The molecule has 19 heavy (non-hydrogen) atoms. The number of ether oxygens (including phenoxy) is 1. The van der Waals surface area contributed by atoms with Crippen LogP contribution in [0.4, 0.5) is 13.2 Å². The van der Waals surface area contributed by atoms with Crippen LogP contribution in [-0.4, -0.2) is 18.1 Å². The number of nitrogens with two attached hydrogens (primary N) is 1. The van der Waals surface area contributed by atoms with Crippen LogP contribution in [0.3, 0.4) is 0 Å². The predicted molar refractivity (Wildman–Crippen MR) is 68.2 cm³/mol. The van der Waals surface area contributed by atoms with Crippen LogP contribution in [0.15, 0.2) is 24.3 Å². The van der Waals surface area contributed by atoms with Gasteiger partial charge in [0.2, 0.25) is 0 Å². The van der Waals surface area contributed by atoms with E-state index in [1.165, 1.54) is 18.2 Å². The van der Waals surface area contributed by atoms with Gasteiger partial charge in [-0.3, -0.25) is 0 Å². The number of alkyl halides is 3. The van der Waals surface area contributed by atoms with Gasteiger partial charge in [0, 0.05) is 18.1 Å². The fourth-order valence-corrected chi connectivity index (χ4v) is 1.45. The molecule has 0 bridgehead atoms. The Bertz CT molecular complexity index is 410. The maximum absolute atomic E-state index is 12.1. The van der Waals surface area contributed by atoms with Gasteiger partial charge in [-0.25, -0.2) is 0 Å². The highest BCUT2D eigenvalue weighted by Gasteiger charge is 2.32. The van der Waals surface area contributed by atoms with Crippen molar-refractivity contribution in [2.75, 3.05) is 6.61 Å². The summed E-state index contributed by atoms with van der Waals surface area (Å²) in [7, 11) is 0. The molecule has 0 radical (unpaired) electrons. The van der Waals surface area contributed by atoms with Gasteiger partial charge in [-0.1, -0.05) is 26.0 Å². The molecule has 0 aliphatic heterocycles. The summed E-state index contributed by atoms with van der Waals surface area (Å²) >= 11 is 0. The smallest absolute Gasteiger partial charge is 0.406 e. The second-order valence-corrected chi connectivity index (χ2v) is 4.74. The largest absolute Gasteiger partial charge is 0.573 e. The lowest BCUT2D eigenvalue weighted by Crippen LogP contribution is -2.32. The first-order valence-corrected chi connectivity index (χ1v) is 5.38. The van der Waals surface area contributed by atoms with E-state index in [4.69, 9.17) is 5.73 Å². The molecule has 0 aromatic heterocycles. The quantitative estimate of drug-likeness (QED) is 0.898. The van der Waals surface area contributed by atoms with E-state index >= 15 is 0 Å². The van der Waals surface area contributed by atoms with Gasteiger partial charge < -0.3 is 15.6 Å². The van der Waals surface area contributed by atoms with Crippen LogP contribution in [0.25, 0.3) is 0 Å². The monoisotopic (exact) mass is 299 g/mol. The Labute approximate surface area is 116 Å². The normalized spacial score (nSPS) is 13.6. The molecule has 0 saturated carbocycles. The number of rotatable bonds is 4. The maximum Gasteiger partial charge on any atom is 0.573 e. The van der Waals surface area contributed by atoms with Gasteiger partial charge in [0.25, 0.3) is 0 Å². The van der Waals surface area contributed by atoms with E-state index in [0.717, 1.165) is 0 Å². The number of aliphatic hydroxyl groups excluding tert-OH is 1. The van der Waals surface area contributed by atoms with Crippen molar-refractivity contribution in [3.8, 4) is 5.75 Å². The van der Waals surface area contributed by atoms with E-state index in [2.05, 4.69) is 4.74 Å². The number of hydrogen-bond acceptors (Lipinski definition) is 3. The molecule has 0 fully saturated rings.